The second kappa shape index (κ2) is 4.14. The van der Waals surface area contributed by atoms with Crippen LogP contribution in [0.1, 0.15) is 22.3 Å². The highest BCUT2D eigenvalue weighted by Crippen LogP contribution is 2.11. The lowest BCUT2D eigenvalue weighted by Gasteiger charge is -2.01. The number of rotatable bonds is 3. The third-order valence-electron chi connectivity index (χ3n) is 1.80. The van der Waals surface area contributed by atoms with E-state index in [9.17, 15) is 9.18 Å². The van der Waals surface area contributed by atoms with E-state index in [4.69, 9.17) is 5.73 Å². The highest BCUT2D eigenvalue weighted by Gasteiger charge is 2.09. The molecule has 0 unspecified atom stereocenters. The van der Waals surface area contributed by atoms with E-state index in [1.807, 2.05) is 0 Å². The minimum Gasteiger partial charge on any atom is -0.330 e. The van der Waals surface area contributed by atoms with Gasteiger partial charge in [-0.15, -0.1) is 0 Å². The predicted molar refractivity (Wildman–Crippen MR) is 49.1 cm³/mol. The number of hydrogen-bond acceptors (Lipinski definition) is 2. The number of halogens is 1. The van der Waals surface area contributed by atoms with Gasteiger partial charge in [0, 0.05) is 6.42 Å². The summed E-state index contributed by atoms with van der Waals surface area (Å²) in [6, 6.07) is 4.57. The van der Waals surface area contributed by atoms with Gasteiger partial charge in [0.05, 0.1) is 5.56 Å². The Morgan fingerprint density at radius 3 is 2.77 bits per heavy atom. The van der Waals surface area contributed by atoms with Gasteiger partial charge in [0.1, 0.15) is 5.82 Å². The summed E-state index contributed by atoms with van der Waals surface area (Å²) in [5.74, 6) is -0.696. The Morgan fingerprint density at radius 1 is 1.54 bits per heavy atom. The quantitative estimate of drug-likeness (QED) is 0.721. The van der Waals surface area contributed by atoms with Gasteiger partial charge in [0.15, 0.2) is 5.78 Å². The minimum atomic E-state index is -0.460. The zero-order valence-electron chi connectivity index (χ0n) is 7.51. The van der Waals surface area contributed by atoms with Crippen LogP contribution >= 0.6 is 0 Å². The molecule has 0 aliphatic carbocycles. The molecule has 0 saturated carbocycles. The first-order valence-electron chi connectivity index (χ1n) is 4.14. The molecule has 70 valence electrons. The van der Waals surface area contributed by atoms with Crippen LogP contribution in [0.2, 0.25) is 0 Å². The summed E-state index contributed by atoms with van der Waals surface area (Å²) >= 11 is 0. The van der Waals surface area contributed by atoms with Crippen molar-refractivity contribution >= 4 is 5.78 Å². The maximum atomic E-state index is 13.2. The summed E-state index contributed by atoms with van der Waals surface area (Å²) in [7, 11) is 0. The first kappa shape index (κ1) is 9.86. The van der Waals surface area contributed by atoms with Crippen LogP contribution in [0.25, 0.3) is 0 Å². The summed E-state index contributed by atoms with van der Waals surface area (Å²) < 4.78 is 13.2. The monoisotopic (exact) mass is 181 g/mol. The summed E-state index contributed by atoms with van der Waals surface area (Å²) in [6.45, 7) is 2.03. The molecule has 0 aliphatic rings. The van der Waals surface area contributed by atoms with E-state index in [-0.39, 0.29) is 24.3 Å². The van der Waals surface area contributed by atoms with E-state index >= 15 is 0 Å². The van der Waals surface area contributed by atoms with Gasteiger partial charge in [0.2, 0.25) is 0 Å². The minimum absolute atomic E-state index is 0.135. The topological polar surface area (TPSA) is 43.1 Å². The lowest BCUT2D eigenvalue weighted by Crippen LogP contribution is -2.09. The molecule has 0 spiro atoms. The van der Waals surface area contributed by atoms with Crippen LogP contribution in [-0.4, -0.2) is 12.3 Å². The Hall–Kier alpha value is -1.22. The van der Waals surface area contributed by atoms with Gasteiger partial charge in [-0.05, 0) is 31.2 Å². The van der Waals surface area contributed by atoms with Gasteiger partial charge in [0.25, 0.3) is 0 Å². The van der Waals surface area contributed by atoms with Crippen LogP contribution in [0, 0.1) is 12.7 Å². The highest BCUT2D eigenvalue weighted by atomic mass is 19.1. The molecule has 0 bridgehead atoms. The molecule has 2 N–H and O–H groups in total. The average molecular weight is 181 g/mol. The third kappa shape index (κ3) is 2.36. The van der Waals surface area contributed by atoms with Crippen LogP contribution in [0.3, 0.4) is 0 Å². The molecular formula is C10H12FNO. The van der Waals surface area contributed by atoms with Crippen LogP contribution in [0.4, 0.5) is 4.39 Å². The molecule has 0 aromatic heterocycles. The number of carbonyl (C=O) groups excluding carboxylic acids is 1. The molecule has 1 aromatic carbocycles. The maximum absolute atomic E-state index is 13.2. The first-order chi connectivity index (χ1) is 6.15. The van der Waals surface area contributed by atoms with Gasteiger partial charge in [-0.25, -0.2) is 4.39 Å². The summed E-state index contributed by atoms with van der Waals surface area (Å²) in [6.07, 6.45) is 0.194. The molecule has 0 radical (unpaired) electrons. The molecule has 1 aromatic rings. The smallest absolute Gasteiger partial charge is 0.167 e. The second-order valence-electron chi connectivity index (χ2n) is 2.95. The van der Waals surface area contributed by atoms with E-state index in [2.05, 4.69) is 0 Å². The van der Waals surface area contributed by atoms with Gasteiger partial charge in [-0.3, -0.25) is 4.79 Å². The highest BCUT2D eigenvalue weighted by molar-refractivity contribution is 5.96. The fraction of sp³-hybridized carbons (Fsp3) is 0.300. The van der Waals surface area contributed by atoms with Crippen LogP contribution in [0.15, 0.2) is 18.2 Å². The zero-order chi connectivity index (χ0) is 9.84. The number of nitrogens with two attached hydrogens (primary N) is 1. The van der Waals surface area contributed by atoms with Crippen molar-refractivity contribution in [3.8, 4) is 0 Å². The molecule has 13 heavy (non-hydrogen) atoms. The van der Waals surface area contributed by atoms with Crippen LogP contribution in [0.5, 0.6) is 0 Å². The van der Waals surface area contributed by atoms with Crippen molar-refractivity contribution in [3.05, 3.63) is 35.1 Å². The second-order valence-corrected chi connectivity index (χ2v) is 2.95. The van der Waals surface area contributed by atoms with Crippen molar-refractivity contribution in [2.75, 3.05) is 6.54 Å². The number of hydrogen-bond donors (Lipinski definition) is 1. The lowest BCUT2D eigenvalue weighted by molar-refractivity contribution is 0.0981. The van der Waals surface area contributed by atoms with Crippen molar-refractivity contribution in [2.45, 2.75) is 13.3 Å². The Balaban J connectivity index is 2.95. The summed E-state index contributed by atoms with van der Waals surface area (Å²) in [5, 5.41) is 0. The number of aryl methyl sites for hydroxylation is 1. The maximum Gasteiger partial charge on any atom is 0.167 e. The van der Waals surface area contributed by atoms with E-state index in [1.54, 1.807) is 13.0 Å². The van der Waals surface area contributed by atoms with E-state index in [0.717, 1.165) is 5.56 Å². The first-order valence-corrected chi connectivity index (χ1v) is 4.14. The molecule has 0 aliphatic heterocycles. The molecule has 0 atom stereocenters. The zero-order valence-corrected chi connectivity index (χ0v) is 7.51. The van der Waals surface area contributed by atoms with E-state index < -0.39 is 5.82 Å². The molecule has 1 rings (SSSR count). The molecule has 0 amide bonds. The number of Topliss-reactive ketones (excluding diaryl/α,β-unsaturated/α-hetero) is 1. The Labute approximate surface area is 76.6 Å². The van der Waals surface area contributed by atoms with Crippen molar-refractivity contribution in [1.29, 1.82) is 0 Å². The fourth-order valence-electron chi connectivity index (χ4n) is 1.11. The molecular weight excluding hydrogens is 169 g/mol. The largest absolute Gasteiger partial charge is 0.330 e. The van der Waals surface area contributed by atoms with Crippen LogP contribution < -0.4 is 5.73 Å². The van der Waals surface area contributed by atoms with Gasteiger partial charge < -0.3 is 5.73 Å². The molecule has 2 nitrogen and oxygen atoms in total. The Kier molecular flexibility index (Phi) is 3.14. The van der Waals surface area contributed by atoms with Gasteiger partial charge in [-0.2, -0.15) is 0 Å². The number of benzene rings is 1. The predicted octanol–water partition coefficient (Wildman–Crippen LogP) is 1.67. The fourth-order valence-corrected chi connectivity index (χ4v) is 1.11. The Morgan fingerprint density at radius 2 is 2.23 bits per heavy atom. The molecule has 0 fully saturated rings. The summed E-state index contributed by atoms with van der Waals surface area (Å²) in [4.78, 5) is 11.3. The Bertz CT molecular complexity index is 323. The number of ketones is 1. The molecule has 3 heteroatoms. The summed E-state index contributed by atoms with van der Waals surface area (Å²) in [5.41, 5.74) is 6.15. The SMILES string of the molecule is Cc1ccc(C(=O)CCN)c(F)c1. The standard InChI is InChI=1S/C10H12FNO/c1-7-2-3-8(9(11)6-7)10(13)4-5-12/h2-3,6H,4-5,12H2,1H3. The average Bonchev–Trinajstić information content (AvgIpc) is 2.04. The van der Waals surface area contributed by atoms with Crippen molar-refractivity contribution in [3.63, 3.8) is 0 Å². The third-order valence-corrected chi connectivity index (χ3v) is 1.80. The van der Waals surface area contributed by atoms with Crippen LogP contribution in [-0.2, 0) is 0 Å². The van der Waals surface area contributed by atoms with Crippen molar-refractivity contribution in [2.24, 2.45) is 5.73 Å². The van der Waals surface area contributed by atoms with Gasteiger partial charge >= 0.3 is 0 Å². The number of carbonyl (C=O) groups is 1. The molecule has 0 saturated heterocycles. The van der Waals surface area contributed by atoms with E-state index in [0.29, 0.717) is 0 Å². The molecule has 0 heterocycles. The van der Waals surface area contributed by atoms with E-state index in [1.165, 1.54) is 12.1 Å². The van der Waals surface area contributed by atoms with Gasteiger partial charge in [-0.1, -0.05) is 6.07 Å². The lowest BCUT2D eigenvalue weighted by atomic mass is 10.1. The van der Waals surface area contributed by atoms with Crippen molar-refractivity contribution in [1.82, 2.24) is 0 Å². The normalized spacial score (nSPS) is 10.1. The van der Waals surface area contributed by atoms with Crippen molar-refractivity contribution < 1.29 is 9.18 Å².